The van der Waals surface area contributed by atoms with Crippen molar-refractivity contribution < 1.29 is 4.79 Å². The number of aromatic nitrogens is 2. The third kappa shape index (κ3) is 4.33. The molecule has 2 heterocycles. The van der Waals surface area contributed by atoms with Crippen LogP contribution in [0.4, 0.5) is 0 Å². The van der Waals surface area contributed by atoms with E-state index < -0.39 is 0 Å². The highest BCUT2D eigenvalue weighted by molar-refractivity contribution is 6.04. The predicted octanol–water partition coefficient (Wildman–Crippen LogP) is 2.37. The molecule has 0 aliphatic carbocycles. The standard InChI is InChI=1S/C23H29N5O/c1-26(2)14-18-15-28(13-17-9-5-4-6-10-17)16-20(18)24-23(29)22-19-11-7-8-12-21(19)27(3)25-22/h4-12,18,20H,13-16H2,1-3H3,(H,24,29)/t18-,20-/m1/s1. The number of hydrogen-bond donors (Lipinski definition) is 1. The molecule has 3 aromatic rings. The van der Waals surface area contributed by atoms with Crippen LogP contribution in [0.1, 0.15) is 16.1 Å². The summed E-state index contributed by atoms with van der Waals surface area (Å²) >= 11 is 0. The number of benzene rings is 2. The van der Waals surface area contributed by atoms with Gasteiger partial charge in [-0.2, -0.15) is 5.10 Å². The second-order valence-corrected chi connectivity index (χ2v) is 8.27. The van der Waals surface area contributed by atoms with Crippen molar-refractivity contribution in [1.29, 1.82) is 0 Å². The zero-order valence-corrected chi connectivity index (χ0v) is 17.4. The molecule has 6 nitrogen and oxygen atoms in total. The lowest BCUT2D eigenvalue weighted by Gasteiger charge is -2.22. The number of aryl methyl sites for hydroxylation is 1. The number of nitrogens with zero attached hydrogens (tertiary/aromatic N) is 4. The molecule has 2 atom stereocenters. The summed E-state index contributed by atoms with van der Waals surface area (Å²) in [6.45, 7) is 3.67. The zero-order chi connectivity index (χ0) is 20.4. The molecule has 0 bridgehead atoms. The molecule has 1 saturated heterocycles. The lowest BCUT2D eigenvalue weighted by Crippen LogP contribution is -2.43. The van der Waals surface area contributed by atoms with Gasteiger partial charge in [0.2, 0.25) is 0 Å². The van der Waals surface area contributed by atoms with Crippen LogP contribution in [0.2, 0.25) is 0 Å². The molecule has 0 radical (unpaired) electrons. The van der Waals surface area contributed by atoms with E-state index in [1.54, 1.807) is 4.68 Å². The first-order valence-corrected chi connectivity index (χ1v) is 10.1. The van der Waals surface area contributed by atoms with Gasteiger partial charge >= 0.3 is 0 Å². The van der Waals surface area contributed by atoms with Gasteiger partial charge in [-0.3, -0.25) is 14.4 Å². The van der Waals surface area contributed by atoms with E-state index in [9.17, 15) is 4.79 Å². The molecule has 1 amide bonds. The van der Waals surface area contributed by atoms with Crippen LogP contribution in [-0.2, 0) is 13.6 Å². The van der Waals surface area contributed by atoms with E-state index in [1.165, 1.54) is 5.56 Å². The quantitative estimate of drug-likeness (QED) is 0.701. The van der Waals surface area contributed by atoms with Crippen molar-refractivity contribution in [2.24, 2.45) is 13.0 Å². The highest BCUT2D eigenvalue weighted by Crippen LogP contribution is 2.22. The highest BCUT2D eigenvalue weighted by atomic mass is 16.2. The lowest BCUT2D eigenvalue weighted by atomic mass is 10.0. The number of carbonyl (C=O) groups is 1. The molecule has 6 heteroatoms. The van der Waals surface area contributed by atoms with Gasteiger partial charge in [0.05, 0.1) is 5.52 Å². The Morgan fingerprint density at radius 2 is 1.83 bits per heavy atom. The molecular formula is C23H29N5O. The molecule has 0 saturated carbocycles. The first-order valence-electron chi connectivity index (χ1n) is 10.1. The van der Waals surface area contributed by atoms with Crippen molar-refractivity contribution in [3.8, 4) is 0 Å². The average molecular weight is 392 g/mol. The molecular weight excluding hydrogens is 362 g/mol. The van der Waals surface area contributed by atoms with E-state index >= 15 is 0 Å². The van der Waals surface area contributed by atoms with Crippen LogP contribution in [-0.4, -0.2) is 65.3 Å². The molecule has 1 aliphatic heterocycles. The molecule has 4 rings (SSSR count). The Balaban J connectivity index is 1.50. The fourth-order valence-corrected chi connectivity index (χ4v) is 4.37. The summed E-state index contributed by atoms with van der Waals surface area (Å²) in [4.78, 5) is 17.7. The first-order chi connectivity index (χ1) is 14.0. The number of fused-ring (bicyclic) bond motifs is 1. The summed E-state index contributed by atoms with van der Waals surface area (Å²) in [5.74, 6) is 0.296. The van der Waals surface area contributed by atoms with Crippen LogP contribution in [0.3, 0.4) is 0 Å². The molecule has 1 N–H and O–H groups in total. The topological polar surface area (TPSA) is 53.4 Å². The van der Waals surface area contributed by atoms with Gasteiger partial charge < -0.3 is 10.2 Å². The Labute approximate surface area is 172 Å². The van der Waals surface area contributed by atoms with E-state index in [-0.39, 0.29) is 11.9 Å². The Kier molecular flexibility index (Phi) is 5.65. The van der Waals surface area contributed by atoms with Crippen LogP contribution in [0.25, 0.3) is 10.9 Å². The monoisotopic (exact) mass is 391 g/mol. The van der Waals surface area contributed by atoms with Gasteiger partial charge in [0, 0.05) is 50.6 Å². The second kappa shape index (κ2) is 8.35. The Bertz CT molecular complexity index is 981. The van der Waals surface area contributed by atoms with Crippen LogP contribution in [0.15, 0.2) is 54.6 Å². The van der Waals surface area contributed by atoms with Crippen LogP contribution >= 0.6 is 0 Å². The van der Waals surface area contributed by atoms with E-state index in [0.717, 1.165) is 37.1 Å². The van der Waals surface area contributed by atoms with Gasteiger partial charge in [-0.25, -0.2) is 0 Å². The van der Waals surface area contributed by atoms with Gasteiger partial charge in [-0.15, -0.1) is 0 Å². The summed E-state index contributed by atoms with van der Waals surface area (Å²) < 4.78 is 1.78. The normalized spacial score (nSPS) is 19.9. The Morgan fingerprint density at radius 3 is 2.59 bits per heavy atom. The maximum atomic E-state index is 13.1. The van der Waals surface area contributed by atoms with Gasteiger partial charge in [-0.05, 0) is 25.7 Å². The van der Waals surface area contributed by atoms with Crippen molar-refractivity contribution in [2.75, 3.05) is 33.7 Å². The zero-order valence-electron chi connectivity index (χ0n) is 17.4. The maximum absolute atomic E-state index is 13.1. The van der Waals surface area contributed by atoms with Crippen LogP contribution in [0.5, 0.6) is 0 Å². The highest BCUT2D eigenvalue weighted by Gasteiger charge is 2.34. The summed E-state index contributed by atoms with van der Waals surface area (Å²) in [7, 11) is 6.06. The number of para-hydroxylation sites is 1. The van der Waals surface area contributed by atoms with E-state index in [4.69, 9.17) is 0 Å². The SMILES string of the molecule is CN(C)C[C@@H]1CN(Cc2ccccc2)C[C@H]1NC(=O)c1nn(C)c2ccccc12. The fourth-order valence-electron chi connectivity index (χ4n) is 4.37. The minimum absolute atomic E-state index is 0.0860. The van der Waals surface area contributed by atoms with E-state index in [0.29, 0.717) is 11.6 Å². The van der Waals surface area contributed by atoms with Crippen molar-refractivity contribution in [3.05, 3.63) is 65.9 Å². The first kappa shape index (κ1) is 19.6. The summed E-state index contributed by atoms with van der Waals surface area (Å²) in [5, 5.41) is 8.67. The predicted molar refractivity (Wildman–Crippen MR) is 116 cm³/mol. The number of nitrogens with one attached hydrogen (secondary N) is 1. The summed E-state index contributed by atoms with van der Waals surface area (Å²) in [6, 6.07) is 18.5. The van der Waals surface area contributed by atoms with E-state index in [2.05, 4.69) is 58.6 Å². The van der Waals surface area contributed by atoms with E-state index in [1.807, 2.05) is 37.4 Å². The van der Waals surface area contributed by atoms with Crippen molar-refractivity contribution in [1.82, 2.24) is 24.9 Å². The molecule has 152 valence electrons. The van der Waals surface area contributed by atoms with Gasteiger partial charge in [0.15, 0.2) is 5.69 Å². The Hall–Kier alpha value is -2.70. The number of amides is 1. The number of hydrogen-bond acceptors (Lipinski definition) is 4. The second-order valence-electron chi connectivity index (χ2n) is 8.27. The lowest BCUT2D eigenvalue weighted by molar-refractivity contribution is 0.0922. The maximum Gasteiger partial charge on any atom is 0.272 e. The number of rotatable bonds is 6. The van der Waals surface area contributed by atoms with Gasteiger partial charge in [0.25, 0.3) is 5.91 Å². The molecule has 1 aliphatic rings. The Morgan fingerprint density at radius 1 is 1.10 bits per heavy atom. The minimum atomic E-state index is -0.0860. The van der Waals surface area contributed by atoms with Crippen LogP contribution < -0.4 is 5.32 Å². The molecule has 29 heavy (non-hydrogen) atoms. The van der Waals surface area contributed by atoms with Crippen molar-refractivity contribution in [2.45, 2.75) is 12.6 Å². The molecule has 1 fully saturated rings. The largest absolute Gasteiger partial charge is 0.346 e. The minimum Gasteiger partial charge on any atom is -0.346 e. The average Bonchev–Trinajstić information content (AvgIpc) is 3.23. The summed E-state index contributed by atoms with van der Waals surface area (Å²) in [6.07, 6.45) is 0. The molecule has 0 unspecified atom stereocenters. The molecule has 2 aromatic carbocycles. The number of likely N-dealkylation sites (tertiary alicyclic amines) is 1. The molecule has 0 spiro atoms. The third-order valence-corrected chi connectivity index (χ3v) is 5.65. The molecule has 1 aromatic heterocycles. The summed E-state index contributed by atoms with van der Waals surface area (Å²) in [5.41, 5.74) is 2.78. The van der Waals surface area contributed by atoms with Gasteiger partial charge in [0.1, 0.15) is 0 Å². The number of carbonyl (C=O) groups excluding carboxylic acids is 1. The third-order valence-electron chi connectivity index (χ3n) is 5.65. The van der Waals surface area contributed by atoms with Crippen LogP contribution in [0, 0.1) is 5.92 Å². The van der Waals surface area contributed by atoms with Gasteiger partial charge in [-0.1, -0.05) is 48.5 Å². The van der Waals surface area contributed by atoms with Crippen molar-refractivity contribution in [3.63, 3.8) is 0 Å². The smallest absolute Gasteiger partial charge is 0.272 e. The fraction of sp³-hybridized carbons (Fsp3) is 0.391. The van der Waals surface area contributed by atoms with Crippen molar-refractivity contribution >= 4 is 16.8 Å².